The van der Waals surface area contributed by atoms with Crippen LogP contribution < -0.4 is 0 Å². The van der Waals surface area contributed by atoms with E-state index in [1.807, 2.05) is 71.3 Å². The summed E-state index contributed by atoms with van der Waals surface area (Å²) in [6.45, 7) is 51.7. The fourth-order valence-corrected chi connectivity index (χ4v) is 11.3. The van der Waals surface area contributed by atoms with Crippen LogP contribution in [-0.2, 0) is 58.9 Å². The van der Waals surface area contributed by atoms with E-state index in [-0.39, 0.29) is 79.7 Å². The maximum atomic E-state index is 13.6. The van der Waals surface area contributed by atoms with Crippen molar-refractivity contribution in [1.82, 2.24) is 19.7 Å². The molecule has 4 heterocycles. The maximum absolute atomic E-state index is 13.6. The Morgan fingerprint density at radius 3 is 1.22 bits per heavy atom. The molecule has 3 amide bonds. The summed E-state index contributed by atoms with van der Waals surface area (Å²) >= 11 is 0. The van der Waals surface area contributed by atoms with Crippen LogP contribution in [0.3, 0.4) is 0 Å². The van der Waals surface area contributed by atoms with Crippen LogP contribution in [0.15, 0.2) is 46.5 Å². The van der Waals surface area contributed by atoms with Gasteiger partial charge in [-0.25, -0.2) is 40.6 Å². The Morgan fingerprint density at radius 1 is 0.563 bits per heavy atom. The third-order valence-electron chi connectivity index (χ3n) is 15.1. The molecule has 3 atom stereocenters. The summed E-state index contributed by atoms with van der Waals surface area (Å²) in [5.41, 5.74) is 0.339. The Kier molecular flexibility index (Phi) is 29.3. The Morgan fingerprint density at radius 2 is 0.943 bits per heavy atom. The second-order valence-electron chi connectivity index (χ2n) is 30.3. The molecular formula is C67H117FN4O13S2. The highest BCUT2D eigenvalue weighted by Gasteiger charge is 2.43. The number of carbonyl (C=O) groups excluding carboxylic acids is 3. The summed E-state index contributed by atoms with van der Waals surface area (Å²) in [5, 5.41) is 0.130. The van der Waals surface area contributed by atoms with Crippen molar-refractivity contribution in [2.45, 2.75) is 278 Å². The summed E-state index contributed by atoms with van der Waals surface area (Å²) in [6, 6.07) is 7.42. The first kappa shape index (κ1) is 79.0. The van der Waals surface area contributed by atoms with Crippen LogP contribution in [0.4, 0.5) is 18.8 Å². The van der Waals surface area contributed by atoms with Crippen LogP contribution in [0.2, 0.25) is 0 Å². The monoisotopic (exact) mass is 1270 g/mol. The van der Waals surface area contributed by atoms with Crippen LogP contribution in [-0.4, -0.2) is 160 Å². The molecule has 1 aromatic carbocycles. The molecule has 3 saturated heterocycles. The lowest BCUT2D eigenvalue weighted by Crippen LogP contribution is -2.44. The molecule has 0 radical (unpaired) electrons. The lowest BCUT2D eigenvalue weighted by atomic mass is 9.87. The molecule has 4 aliphatic rings. The molecule has 2 aromatic rings. The summed E-state index contributed by atoms with van der Waals surface area (Å²) in [6.07, 6.45) is 12.0. The standard InChI is InChI=1S/C16H29NO3.C16H31NO3.C14H27NO3.C11H15FO2S.C10H15NO2S/c1-12(19-15(2,3)4)13-6-10-17(11-7-13)14(18)20-16(5)8-9-16;1-12(19-15(2,3)4)13-8-10-17(11-9-13)14(18)20-16(5,6)7;1-6-17-13(16)15-9-7-12(8-10-15)11(2)18-14(3,4)5;1-11(2,3)9-6-5-8(7-10(9)12)15(4,13)14;1-10(2,3)8-5-6-9(11-7-8)14(4,12)13/h12-13H,6-11H2,1-5H3;12-13H,8-11H2,1-7H3;11-12H,6-10H2,1-5H3;5-7H,1-4H3;5-7H,1-4H3. The Balaban J connectivity index is 0.000000373. The van der Waals surface area contributed by atoms with Crippen LogP contribution in [0, 0.1) is 23.6 Å². The Hall–Kier alpha value is -4.11. The zero-order chi connectivity index (χ0) is 67.1. The van der Waals surface area contributed by atoms with E-state index in [1.165, 1.54) is 12.1 Å². The van der Waals surface area contributed by atoms with Gasteiger partial charge >= 0.3 is 18.3 Å². The van der Waals surface area contributed by atoms with Crippen molar-refractivity contribution in [3.63, 3.8) is 0 Å². The van der Waals surface area contributed by atoms with Crippen molar-refractivity contribution >= 4 is 38.0 Å². The number of sulfone groups is 2. The van der Waals surface area contributed by atoms with Gasteiger partial charge in [-0.1, -0.05) is 53.7 Å². The predicted octanol–water partition coefficient (Wildman–Crippen LogP) is 14.8. The smallest absolute Gasteiger partial charge is 0.410 e. The highest BCUT2D eigenvalue weighted by atomic mass is 32.2. The van der Waals surface area contributed by atoms with E-state index in [0.717, 1.165) is 115 Å². The first-order valence-corrected chi connectivity index (χ1v) is 35.2. The van der Waals surface area contributed by atoms with Gasteiger partial charge in [-0.3, -0.25) is 0 Å². The van der Waals surface area contributed by atoms with Gasteiger partial charge in [0.15, 0.2) is 24.7 Å². The number of ether oxygens (including phenoxy) is 6. The van der Waals surface area contributed by atoms with Crippen molar-refractivity contribution in [2.24, 2.45) is 17.8 Å². The molecule has 3 aliphatic heterocycles. The summed E-state index contributed by atoms with van der Waals surface area (Å²) < 4.78 is 92.2. The molecular weight excluding hydrogens is 1150 g/mol. The zero-order valence-corrected chi connectivity index (χ0v) is 60.0. The van der Waals surface area contributed by atoms with Gasteiger partial charge in [0, 0.05) is 58.0 Å². The van der Waals surface area contributed by atoms with Crippen molar-refractivity contribution in [1.29, 1.82) is 0 Å². The van der Waals surface area contributed by atoms with Crippen molar-refractivity contribution in [3.8, 4) is 0 Å². The molecule has 0 spiro atoms. The summed E-state index contributed by atoms with van der Waals surface area (Å²) in [7, 11) is -6.50. The van der Waals surface area contributed by atoms with Gasteiger partial charge in [-0.05, 0) is 227 Å². The number of hydrogen-bond acceptors (Lipinski definition) is 14. The van der Waals surface area contributed by atoms with E-state index in [9.17, 15) is 35.6 Å². The number of hydrogen-bond donors (Lipinski definition) is 0. The quantitative estimate of drug-likeness (QED) is 0.204. The van der Waals surface area contributed by atoms with Gasteiger partial charge in [-0.15, -0.1) is 0 Å². The van der Waals surface area contributed by atoms with E-state index >= 15 is 0 Å². The van der Waals surface area contributed by atoms with Gasteiger partial charge in [0.05, 0.1) is 46.6 Å². The largest absolute Gasteiger partial charge is 0.450 e. The van der Waals surface area contributed by atoms with Crippen molar-refractivity contribution in [3.05, 3.63) is 53.5 Å². The van der Waals surface area contributed by atoms with Crippen LogP contribution in [0.1, 0.15) is 222 Å². The lowest BCUT2D eigenvalue weighted by Gasteiger charge is -2.37. The Bertz CT molecular complexity index is 2610. The number of aromatic nitrogens is 1. The van der Waals surface area contributed by atoms with Crippen LogP contribution in [0.25, 0.3) is 0 Å². The van der Waals surface area contributed by atoms with Gasteiger partial charge in [0.25, 0.3) is 0 Å². The topological polar surface area (TPSA) is 197 Å². The molecule has 20 heteroatoms. The average Bonchev–Trinajstić information content (AvgIpc) is 2.15. The minimum atomic E-state index is -3.33. The number of pyridine rings is 1. The van der Waals surface area contributed by atoms with Crippen LogP contribution in [0.5, 0.6) is 0 Å². The molecule has 0 N–H and O–H groups in total. The zero-order valence-electron chi connectivity index (χ0n) is 58.3. The number of amides is 3. The molecule has 1 saturated carbocycles. The number of halogens is 1. The van der Waals surface area contributed by atoms with E-state index < -0.39 is 31.1 Å². The molecule has 17 nitrogen and oxygen atoms in total. The molecule has 6 rings (SSSR count). The van der Waals surface area contributed by atoms with Crippen molar-refractivity contribution < 1.29 is 64.0 Å². The average molecular weight is 1270 g/mol. The molecule has 87 heavy (non-hydrogen) atoms. The molecule has 502 valence electrons. The predicted molar refractivity (Wildman–Crippen MR) is 345 cm³/mol. The first-order chi connectivity index (χ1) is 39.3. The number of rotatable bonds is 10. The van der Waals surface area contributed by atoms with E-state index in [1.54, 1.807) is 17.2 Å². The number of piperidine rings is 3. The summed E-state index contributed by atoms with van der Waals surface area (Å²) in [5.74, 6) is 1.13. The first-order valence-electron chi connectivity index (χ1n) is 31.4. The fraction of sp³-hybridized carbons (Fsp3) is 0.791. The van der Waals surface area contributed by atoms with Gasteiger partial charge in [0.2, 0.25) is 0 Å². The third-order valence-corrected chi connectivity index (χ3v) is 17.2. The molecule has 1 aromatic heterocycles. The highest BCUT2D eigenvalue weighted by Crippen LogP contribution is 2.40. The van der Waals surface area contributed by atoms with Crippen LogP contribution >= 0.6 is 0 Å². The molecule has 4 fully saturated rings. The lowest BCUT2D eigenvalue weighted by molar-refractivity contribution is -0.0859. The minimum absolute atomic E-state index is 0.00301. The number of likely N-dealkylation sites (tertiary alicyclic amines) is 3. The number of benzene rings is 1. The number of nitrogens with zero attached hydrogens (tertiary/aromatic N) is 4. The van der Waals surface area contributed by atoms with E-state index in [2.05, 4.69) is 109 Å². The molecule has 0 bridgehead atoms. The number of carbonyl (C=O) groups is 3. The third kappa shape index (κ3) is 31.0. The minimum Gasteiger partial charge on any atom is -0.450 e. The van der Waals surface area contributed by atoms with Gasteiger partial charge in [-0.2, -0.15) is 0 Å². The normalized spacial score (nSPS) is 18.5. The maximum Gasteiger partial charge on any atom is 0.410 e. The second-order valence-corrected chi connectivity index (χ2v) is 34.3. The SMILES string of the molecule is CC(C)(C)c1ccc(S(C)(=O)=O)cc1F.CC(C)(C)c1ccc(S(C)(=O)=O)nc1.CC(OC(C)(C)C)C1CCN(C(=O)OC(C)(C)C)CC1.CC(OC(C)(C)C)C1CCN(C(=O)OC2(C)CC2)CC1.CCOC(=O)N1CCC(C(C)OC(C)(C)C)CC1. The van der Waals surface area contributed by atoms with E-state index in [0.29, 0.717) is 29.9 Å². The Labute approximate surface area is 526 Å². The van der Waals surface area contributed by atoms with E-state index in [4.69, 9.17) is 28.4 Å². The fourth-order valence-electron chi connectivity index (χ4n) is 10.1. The second kappa shape index (κ2) is 32.3. The molecule has 1 aliphatic carbocycles. The summed E-state index contributed by atoms with van der Waals surface area (Å²) in [4.78, 5) is 45.0. The van der Waals surface area contributed by atoms with Gasteiger partial charge in [0.1, 0.15) is 17.0 Å². The van der Waals surface area contributed by atoms with Gasteiger partial charge < -0.3 is 43.1 Å². The highest BCUT2D eigenvalue weighted by molar-refractivity contribution is 7.91. The van der Waals surface area contributed by atoms with Crippen molar-refractivity contribution in [2.75, 3.05) is 58.4 Å². The molecule has 3 unspecified atom stereocenters.